The zero-order chi connectivity index (χ0) is 9.14. The first kappa shape index (κ1) is 9.22. The molecule has 4 nitrogen and oxygen atoms in total. The first-order valence-electron chi connectivity index (χ1n) is 3.77. The number of nitrogens with zero attached hydrogens (tertiary/aromatic N) is 1. The van der Waals surface area contributed by atoms with Crippen molar-refractivity contribution in [1.29, 1.82) is 0 Å². The van der Waals surface area contributed by atoms with Gasteiger partial charge in [0.15, 0.2) is 0 Å². The third-order valence-electron chi connectivity index (χ3n) is 1.95. The lowest BCUT2D eigenvalue weighted by atomic mass is 10.1. The first-order chi connectivity index (χ1) is 5.70. The Balaban J connectivity index is 2.93. The summed E-state index contributed by atoms with van der Waals surface area (Å²) in [5, 5.41) is 12.7. The van der Waals surface area contributed by atoms with Crippen molar-refractivity contribution in [2.24, 2.45) is 0 Å². The maximum atomic E-state index is 8.91. The number of aliphatic hydroxyl groups excluding tert-OH is 1. The quantitative estimate of drug-likeness (QED) is 0.736. The van der Waals surface area contributed by atoms with Gasteiger partial charge in [-0.1, -0.05) is 5.16 Å². The minimum Gasteiger partial charge on any atom is -0.393 e. The van der Waals surface area contributed by atoms with Crippen LogP contribution in [0.15, 0.2) is 4.52 Å². The van der Waals surface area contributed by atoms with Crippen LogP contribution in [-0.2, 0) is 4.74 Å². The number of aliphatic hydroxyl groups is 1. The number of methoxy groups -OCH3 is 1. The fourth-order valence-electron chi connectivity index (χ4n) is 1.01. The van der Waals surface area contributed by atoms with Gasteiger partial charge in [-0.05, 0) is 13.8 Å². The fraction of sp³-hybridized carbons (Fsp3) is 0.625. The van der Waals surface area contributed by atoms with Crippen molar-refractivity contribution in [1.82, 2.24) is 5.16 Å². The van der Waals surface area contributed by atoms with Crippen LogP contribution in [0.2, 0.25) is 0 Å². The van der Waals surface area contributed by atoms with Crippen molar-refractivity contribution in [3.63, 3.8) is 0 Å². The van der Waals surface area contributed by atoms with Gasteiger partial charge in [-0.3, -0.25) is 0 Å². The van der Waals surface area contributed by atoms with E-state index in [0.29, 0.717) is 5.69 Å². The van der Waals surface area contributed by atoms with Crippen LogP contribution in [0.4, 0.5) is 0 Å². The number of aryl methyl sites for hydroxylation is 1. The van der Waals surface area contributed by atoms with Crippen molar-refractivity contribution in [2.45, 2.75) is 20.0 Å². The molecule has 1 atom stereocenters. The van der Waals surface area contributed by atoms with Crippen LogP contribution in [0, 0.1) is 13.8 Å². The second-order valence-corrected chi connectivity index (χ2v) is 2.66. The topological polar surface area (TPSA) is 55.5 Å². The monoisotopic (exact) mass is 171 g/mol. The predicted octanol–water partition coefficient (Wildman–Crippen LogP) is 0.971. The molecule has 0 saturated carbocycles. The summed E-state index contributed by atoms with van der Waals surface area (Å²) in [6.07, 6.45) is -0.373. The SMILES string of the molecule is COC(CO)c1noc(C)c1C. The predicted molar refractivity (Wildman–Crippen MR) is 42.8 cm³/mol. The van der Waals surface area contributed by atoms with Crippen molar-refractivity contribution in [3.05, 3.63) is 17.0 Å². The Morgan fingerprint density at radius 3 is 2.58 bits per heavy atom. The van der Waals surface area contributed by atoms with Crippen LogP contribution in [-0.4, -0.2) is 24.0 Å². The fourth-order valence-corrected chi connectivity index (χ4v) is 1.01. The summed E-state index contributed by atoms with van der Waals surface area (Å²) in [6, 6.07) is 0. The Morgan fingerprint density at radius 2 is 2.25 bits per heavy atom. The normalized spacial score (nSPS) is 13.3. The maximum Gasteiger partial charge on any atom is 0.136 e. The molecule has 68 valence electrons. The van der Waals surface area contributed by atoms with Gasteiger partial charge >= 0.3 is 0 Å². The number of hydrogen-bond acceptors (Lipinski definition) is 4. The van der Waals surface area contributed by atoms with Crippen LogP contribution in [0.1, 0.15) is 23.1 Å². The molecule has 0 amide bonds. The largest absolute Gasteiger partial charge is 0.393 e. The highest BCUT2D eigenvalue weighted by atomic mass is 16.5. The molecule has 1 aromatic rings. The molecule has 0 aliphatic heterocycles. The highest BCUT2D eigenvalue weighted by Gasteiger charge is 2.17. The summed E-state index contributed by atoms with van der Waals surface area (Å²) in [4.78, 5) is 0. The van der Waals surface area contributed by atoms with Crippen LogP contribution < -0.4 is 0 Å². The Hall–Kier alpha value is -0.870. The molecule has 1 heterocycles. The van der Waals surface area contributed by atoms with Gasteiger partial charge in [-0.15, -0.1) is 0 Å². The van der Waals surface area contributed by atoms with E-state index >= 15 is 0 Å². The zero-order valence-corrected chi connectivity index (χ0v) is 7.50. The smallest absolute Gasteiger partial charge is 0.136 e. The average molecular weight is 171 g/mol. The van der Waals surface area contributed by atoms with E-state index < -0.39 is 0 Å². The molecule has 0 spiro atoms. The minimum atomic E-state index is -0.373. The molecule has 4 heteroatoms. The van der Waals surface area contributed by atoms with Crippen molar-refractivity contribution in [2.75, 3.05) is 13.7 Å². The second kappa shape index (κ2) is 3.69. The zero-order valence-electron chi connectivity index (χ0n) is 7.50. The maximum absolute atomic E-state index is 8.91. The third kappa shape index (κ3) is 1.49. The molecule has 0 saturated heterocycles. The lowest BCUT2D eigenvalue weighted by molar-refractivity contribution is 0.0429. The van der Waals surface area contributed by atoms with Gasteiger partial charge in [0, 0.05) is 12.7 Å². The molecule has 0 aromatic carbocycles. The highest BCUT2D eigenvalue weighted by Crippen LogP contribution is 2.20. The molecule has 0 fully saturated rings. The molecular formula is C8H13NO3. The van der Waals surface area contributed by atoms with Gasteiger partial charge in [-0.25, -0.2) is 0 Å². The summed E-state index contributed by atoms with van der Waals surface area (Å²) in [7, 11) is 1.53. The Labute approximate surface area is 71.1 Å². The summed E-state index contributed by atoms with van der Waals surface area (Å²) in [5.41, 5.74) is 1.62. The molecular weight excluding hydrogens is 158 g/mol. The Morgan fingerprint density at radius 1 is 1.58 bits per heavy atom. The van der Waals surface area contributed by atoms with Crippen LogP contribution in [0.25, 0.3) is 0 Å². The van der Waals surface area contributed by atoms with Crippen molar-refractivity contribution < 1.29 is 14.4 Å². The molecule has 0 bridgehead atoms. The van der Waals surface area contributed by atoms with Crippen LogP contribution in [0.3, 0.4) is 0 Å². The first-order valence-corrected chi connectivity index (χ1v) is 3.77. The van der Waals surface area contributed by atoms with Gasteiger partial charge in [-0.2, -0.15) is 0 Å². The molecule has 1 aromatic heterocycles. The molecule has 1 N–H and O–H groups in total. The molecule has 0 radical (unpaired) electrons. The molecule has 1 unspecified atom stereocenters. The summed E-state index contributed by atoms with van der Waals surface area (Å²) >= 11 is 0. The van der Waals surface area contributed by atoms with E-state index in [1.54, 1.807) is 0 Å². The number of rotatable bonds is 3. The Kier molecular flexibility index (Phi) is 2.83. The number of hydrogen-bond donors (Lipinski definition) is 1. The summed E-state index contributed by atoms with van der Waals surface area (Å²) < 4.78 is 9.95. The lowest BCUT2D eigenvalue weighted by Crippen LogP contribution is -2.07. The van der Waals surface area contributed by atoms with Gasteiger partial charge in [0.05, 0.1) is 6.61 Å². The molecule has 12 heavy (non-hydrogen) atoms. The summed E-state index contributed by atoms with van der Waals surface area (Å²) in [5.74, 6) is 0.764. The van der Waals surface area contributed by atoms with Gasteiger partial charge in [0.2, 0.25) is 0 Å². The standard InChI is InChI=1S/C8H13NO3/c1-5-6(2)12-9-8(5)7(4-10)11-3/h7,10H,4H2,1-3H3. The molecule has 0 aliphatic carbocycles. The van der Waals surface area contributed by atoms with E-state index in [1.165, 1.54) is 7.11 Å². The average Bonchev–Trinajstić information content (AvgIpc) is 2.38. The molecule has 1 rings (SSSR count). The van der Waals surface area contributed by atoms with Crippen molar-refractivity contribution >= 4 is 0 Å². The highest BCUT2D eigenvalue weighted by molar-refractivity contribution is 5.21. The van der Waals surface area contributed by atoms with Gasteiger partial charge < -0.3 is 14.4 Å². The van der Waals surface area contributed by atoms with Crippen LogP contribution in [0.5, 0.6) is 0 Å². The van der Waals surface area contributed by atoms with E-state index in [0.717, 1.165) is 11.3 Å². The third-order valence-corrected chi connectivity index (χ3v) is 1.95. The van der Waals surface area contributed by atoms with Crippen LogP contribution >= 0.6 is 0 Å². The van der Waals surface area contributed by atoms with Gasteiger partial charge in [0.25, 0.3) is 0 Å². The van der Waals surface area contributed by atoms with E-state index in [4.69, 9.17) is 14.4 Å². The minimum absolute atomic E-state index is 0.0800. The molecule has 0 aliphatic rings. The van der Waals surface area contributed by atoms with Crippen molar-refractivity contribution in [3.8, 4) is 0 Å². The number of aromatic nitrogens is 1. The Bertz CT molecular complexity index is 253. The van der Waals surface area contributed by atoms with E-state index in [-0.39, 0.29) is 12.7 Å². The van der Waals surface area contributed by atoms with E-state index in [1.807, 2.05) is 13.8 Å². The number of ether oxygens (including phenoxy) is 1. The van der Waals surface area contributed by atoms with E-state index in [9.17, 15) is 0 Å². The lowest BCUT2D eigenvalue weighted by Gasteiger charge is -2.08. The van der Waals surface area contributed by atoms with Gasteiger partial charge in [0.1, 0.15) is 17.6 Å². The summed E-state index contributed by atoms with van der Waals surface area (Å²) in [6.45, 7) is 3.64. The van der Waals surface area contributed by atoms with E-state index in [2.05, 4.69) is 5.16 Å². The second-order valence-electron chi connectivity index (χ2n) is 2.66.